The lowest BCUT2D eigenvalue weighted by molar-refractivity contribution is -0.0585. The highest BCUT2D eigenvalue weighted by atomic mass is 16.6. The fourth-order valence-corrected chi connectivity index (χ4v) is 3.39. The Bertz CT molecular complexity index is 600. The summed E-state index contributed by atoms with van der Waals surface area (Å²) in [6.07, 6.45) is 6.20. The molecule has 0 saturated heterocycles. The predicted octanol–water partition coefficient (Wildman–Crippen LogP) is 5.58. The second kappa shape index (κ2) is 44.7. The van der Waals surface area contributed by atoms with E-state index in [1.54, 1.807) is 13.8 Å². The summed E-state index contributed by atoms with van der Waals surface area (Å²) in [5.74, 6) is 0. The number of hydrogen-bond donors (Lipinski definition) is 4. The van der Waals surface area contributed by atoms with Gasteiger partial charge in [-0.3, -0.25) is 0 Å². The summed E-state index contributed by atoms with van der Waals surface area (Å²) in [5.41, 5.74) is 0. The van der Waals surface area contributed by atoms with Crippen LogP contribution in [0.15, 0.2) is 0 Å². The number of aliphatic hydroxyl groups is 4. The van der Waals surface area contributed by atoms with E-state index in [0.29, 0.717) is 46.2 Å². The van der Waals surface area contributed by atoms with Crippen LogP contribution in [0.5, 0.6) is 0 Å². The molecule has 50 heavy (non-hydrogen) atoms. The maximum atomic E-state index is 8.95. The molecule has 0 aromatic rings. The average Bonchev–Trinajstić information content (AvgIpc) is 3.07. The Balaban J connectivity index is -0.000000283. The zero-order valence-electron chi connectivity index (χ0n) is 34.4. The topological polar surface area (TPSA) is 155 Å². The van der Waals surface area contributed by atoms with E-state index in [9.17, 15) is 0 Å². The van der Waals surface area contributed by atoms with Crippen LogP contribution in [-0.2, 0) is 37.9 Å². The predicted molar refractivity (Wildman–Crippen MR) is 202 cm³/mol. The van der Waals surface area contributed by atoms with E-state index >= 15 is 0 Å². The molecule has 8 unspecified atom stereocenters. The molecule has 0 heterocycles. The van der Waals surface area contributed by atoms with E-state index in [0.717, 1.165) is 58.3 Å². The molecule has 0 bridgehead atoms. The van der Waals surface area contributed by atoms with Crippen molar-refractivity contribution in [3.63, 3.8) is 0 Å². The number of aliphatic hydroxyl groups excluding tert-OH is 4. The van der Waals surface area contributed by atoms with Crippen LogP contribution >= 0.6 is 0 Å². The zero-order chi connectivity index (χ0) is 39.0. The molecule has 0 amide bonds. The van der Waals surface area contributed by atoms with Gasteiger partial charge in [0, 0.05) is 26.4 Å². The Labute approximate surface area is 307 Å². The number of rotatable bonds is 30. The first-order valence-corrected chi connectivity index (χ1v) is 19.2. The fraction of sp³-hybridized carbons (Fsp3) is 1.00. The first-order chi connectivity index (χ1) is 23.7. The van der Waals surface area contributed by atoms with Gasteiger partial charge in [0.1, 0.15) is 0 Å². The molecule has 0 aliphatic rings. The van der Waals surface area contributed by atoms with Crippen LogP contribution in [0.4, 0.5) is 0 Å². The largest absolute Gasteiger partial charge is 0.394 e. The molecule has 12 heteroatoms. The van der Waals surface area contributed by atoms with Crippen LogP contribution in [0.1, 0.15) is 122 Å². The first kappa shape index (κ1) is 56.3. The molecule has 0 aliphatic carbocycles. The zero-order valence-corrected chi connectivity index (χ0v) is 34.4. The van der Waals surface area contributed by atoms with E-state index in [4.69, 9.17) is 58.3 Å². The Morgan fingerprint density at radius 2 is 0.820 bits per heavy atom. The van der Waals surface area contributed by atoms with Crippen LogP contribution < -0.4 is 0 Å². The van der Waals surface area contributed by atoms with Crippen LogP contribution in [0.3, 0.4) is 0 Å². The van der Waals surface area contributed by atoms with Crippen molar-refractivity contribution in [2.75, 3.05) is 79.3 Å². The van der Waals surface area contributed by atoms with Gasteiger partial charge in [0.05, 0.1) is 102 Å². The minimum absolute atomic E-state index is 0.0683. The maximum Gasteiger partial charge on any atom is 0.0785 e. The van der Waals surface area contributed by atoms with E-state index in [1.807, 2.05) is 48.5 Å². The standard InChI is InChI=1S/3C10H22O3.C8H18O3/c1-4-5-6-13-10(3)8-12-7-9(2)11;1-4-5-6-12-8-10(3)13-7-9(2)11;1-4-5-6-12-8-10(3)13-9(2)7-11;1-4-10-8(3)6-11-7(2)5-9/h3*9-11H,4-8H2,1-3H3;7-9H,4-6H2,1-3H3. The summed E-state index contributed by atoms with van der Waals surface area (Å²) in [5, 5.41) is 35.2. The summed E-state index contributed by atoms with van der Waals surface area (Å²) in [6.45, 7) is 29.7. The van der Waals surface area contributed by atoms with Crippen molar-refractivity contribution in [2.45, 2.75) is 170 Å². The third-order valence-electron chi connectivity index (χ3n) is 6.27. The van der Waals surface area contributed by atoms with E-state index < -0.39 is 6.10 Å². The quantitative estimate of drug-likeness (QED) is 0.0683. The lowest BCUT2D eigenvalue weighted by Gasteiger charge is -2.17. The first-order valence-electron chi connectivity index (χ1n) is 19.2. The maximum absolute atomic E-state index is 8.95. The van der Waals surface area contributed by atoms with Crippen molar-refractivity contribution in [3.05, 3.63) is 0 Å². The lowest BCUT2D eigenvalue weighted by atomic mass is 10.3. The minimum Gasteiger partial charge on any atom is -0.394 e. The Morgan fingerprint density at radius 3 is 1.28 bits per heavy atom. The minimum atomic E-state index is -0.391. The Kier molecular flexibility index (Phi) is 50.3. The van der Waals surface area contributed by atoms with Crippen molar-refractivity contribution in [1.29, 1.82) is 0 Å². The number of hydrogen-bond acceptors (Lipinski definition) is 12. The summed E-state index contributed by atoms with van der Waals surface area (Å²) in [6, 6.07) is 0. The third-order valence-corrected chi connectivity index (χ3v) is 6.27. The van der Waals surface area contributed by atoms with Gasteiger partial charge in [-0.2, -0.15) is 0 Å². The molecule has 0 fully saturated rings. The molecular formula is C38H84O12. The summed E-state index contributed by atoms with van der Waals surface area (Å²) >= 11 is 0. The molecule has 12 nitrogen and oxygen atoms in total. The fourth-order valence-electron chi connectivity index (χ4n) is 3.39. The molecule has 8 atom stereocenters. The number of ether oxygens (including phenoxy) is 8. The third kappa shape index (κ3) is 54.3. The lowest BCUT2D eigenvalue weighted by Crippen LogP contribution is -2.24. The van der Waals surface area contributed by atoms with Gasteiger partial charge in [0.15, 0.2) is 0 Å². The molecule has 0 rings (SSSR count). The van der Waals surface area contributed by atoms with Gasteiger partial charge in [-0.15, -0.1) is 0 Å². The van der Waals surface area contributed by atoms with Gasteiger partial charge in [0.25, 0.3) is 0 Å². The normalized spacial score (nSPS) is 15.8. The summed E-state index contributed by atoms with van der Waals surface area (Å²) in [7, 11) is 0. The van der Waals surface area contributed by atoms with Crippen LogP contribution in [0.2, 0.25) is 0 Å². The van der Waals surface area contributed by atoms with Crippen molar-refractivity contribution in [3.8, 4) is 0 Å². The highest BCUT2D eigenvalue weighted by Crippen LogP contribution is 2.00. The van der Waals surface area contributed by atoms with E-state index in [2.05, 4.69) is 20.8 Å². The van der Waals surface area contributed by atoms with Crippen LogP contribution in [0, 0.1) is 0 Å². The molecule has 0 aromatic heterocycles. The van der Waals surface area contributed by atoms with Crippen molar-refractivity contribution >= 4 is 0 Å². The second-order valence-electron chi connectivity index (χ2n) is 12.8. The molecule has 0 saturated carbocycles. The number of unbranched alkanes of at least 4 members (excludes halogenated alkanes) is 3. The summed E-state index contributed by atoms with van der Waals surface area (Å²) in [4.78, 5) is 0. The highest BCUT2D eigenvalue weighted by molar-refractivity contribution is 4.54. The molecule has 0 aliphatic heterocycles. The van der Waals surface area contributed by atoms with Gasteiger partial charge in [0.2, 0.25) is 0 Å². The molecule has 308 valence electrons. The molecule has 0 radical (unpaired) electrons. The second-order valence-corrected chi connectivity index (χ2v) is 12.8. The van der Waals surface area contributed by atoms with Gasteiger partial charge >= 0.3 is 0 Å². The SMILES string of the molecule is CCCCOC(C)COCC(C)O.CCCCOCC(C)OC(C)CO.CCCCOCC(C)OCC(C)O.CCOC(C)COC(C)CO. The molecule has 0 spiro atoms. The van der Waals surface area contributed by atoms with Gasteiger partial charge in [-0.1, -0.05) is 40.0 Å². The monoisotopic (exact) mass is 733 g/mol. The Hall–Kier alpha value is -0.480. The van der Waals surface area contributed by atoms with Gasteiger partial charge in [-0.25, -0.2) is 0 Å². The molecule has 0 aromatic carbocycles. The van der Waals surface area contributed by atoms with Gasteiger partial charge in [-0.05, 0) is 81.6 Å². The van der Waals surface area contributed by atoms with E-state index in [1.165, 1.54) is 0 Å². The van der Waals surface area contributed by atoms with Crippen LogP contribution in [0.25, 0.3) is 0 Å². The van der Waals surface area contributed by atoms with Crippen molar-refractivity contribution in [1.82, 2.24) is 0 Å². The Morgan fingerprint density at radius 1 is 0.400 bits per heavy atom. The smallest absolute Gasteiger partial charge is 0.0785 e. The molecular weight excluding hydrogens is 648 g/mol. The van der Waals surface area contributed by atoms with Crippen molar-refractivity contribution in [2.24, 2.45) is 0 Å². The van der Waals surface area contributed by atoms with Gasteiger partial charge < -0.3 is 58.3 Å². The highest BCUT2D eigenvalue weighted by Gasteiger charge is 2.08. The summed E-state index contributed by atoms with van der Waals surface area (Å²) < 4.78 is 42.6. The average molecular weight is 733 g/mol. The van der Waals surface area contributed by atoms with Crippen molar-refractivity contribution < 1.29 is 58.3 Å². The van der Waals surface area contributed by atoms with E-state index in [-0.39, 0.29) is 55.9 Å². The van der Waals surface area contributed by atoms with Crippen LogP contribution in [-0.4, -0.2) is 149 Å². The molecule has 4 N–H and O–H groups in total.